The average Bonchev–Trinajstić information content (AvgIpc) is 2.72. The lowest BCUT2D eigenvalue weighted by atomic mass is 9.93. The van der Waals surface area contributed by atoms with Gasteiger partial charge in [0.25, 0.3) is 0 Å². The minimum Gasteiger partial charge on any atom is -0.444 e. The van der Waals surface area contributed by atoms with Gasteiger partial charge < -0.3 is 25.4 Å². The van der Waals surface area contributed by atoms with Crippen molar-refractivity contribution in [2.24, 2.45) is 0 Å². The lowest BCUT2D eigenvalue weighted by Crippen LogP contribution is -2.50. The van der Waals surface area contributed by atoms with Crippen LogP contribution >= 0.6 is 0 Å². The van der Waals surface area contributed by atoms with Gasteiger partial charge >= 0.3 is 6.09 Å². The number of aliphatic hydroxyl groups excluding tert-OH is 1. The number of rotatable bonds is 8. The summed E-state index contributed by atoms with van der Waals surface area (Å²) in [5.74, 6) is -0.744. The lowest BCUT2D eigenvalue weighted by Gasteiger charge is -2.34. The fraction of sp³-hybridized carbons (Fsp3) is 0.640. The summed E-state index contributed by atoms with van der Waals surface area (Å²) in [6.07, 6.45) is 4.42. The van der Waals surface area contributed by atoms with E-state index in [4.69, 9.17) is 4.74 Å². The number of carbonyl (C=O) groups is 3. The van der Waals surface area contributed by atoms with Gasteiger partial charge in [-0.15, -0.1) is 0 Å². The third-order valence-corrected chi connectivity index (χ3v) is 5.68. The number of hydrogen-bond donors (Lipinski definition) is 3. The highest BCUT2D eigenvalue weighted by atomic mass is 16.6. The molecule has 33 heavy (non-hydrogen) atoms. The first-order valence-electron chi connectivity index (χ1n) is 11.8. The Kier molecular flexibility index (Phi) is 9.70. The molecule has 1 saturated carbocycles. The molecule has 3 N–H and O–H groups in total. The number of nitrogens with zero attached hydrogens (tertiary/aromatic N) is 1. The number of benzene rings is 1. The first-order valence-corrected chi connectivity index (χ1v) is 11.8. The van der Waals surface area contributed by atoms with Crippen molar-refractivity contribution in [3.8, 4) is 0 Å². The van der Waals surface area contributed by atoms with E-state index in [9.17, 15) is 19.5 Å². The third-order valence-electron chi connectivity index (χ3n) is 5.68. The molecule has 1 fully saturated rings. The quantitative estimate of drug-likeness (QED) is 0.551. The van der Waals surface area contributed by atoms with Crippen LogP contribution in [0, 0.1) is 13.8 Å². The molecular weight excluding hydrogens is 422 g/mol. The van der Waals surface area contributed by atoms with E-state index in [1.54, 1.807) is 20.8 Å². The molecule has 3 amide bonds. The predicted octanol–water partition coefficient (Wildman–Crippen LogP) is 3.14. The second-order valence-corrected chi connectivity index (χ2v) is 9.77. The average molecular weight is 462 g/mol. The van der Waals surface area contributed by atoms with Crippen LogP contribution in [0.5, 0.6) is 0 Å². The van der Waals surface area contributed by atoms with Crippen LogP contribution in [-0.4, -0.2) is 59.3 Å². The number of aryl methyl sites for hydroxylation is 2. The third kappa shape index (κ3) is 8.35. The molecule has 0 aromatic heterocycles. The Labute approximate surface area is 197 Å². The van der Waals surface area contributed by atoms with Gasteiger partial charge in [-0.3, -0.25) is 9.59 Å². The zero-order valence-electron chi connectivity index (χ0n) is 20.6. The Morgan fingerprint density at radius 2 is 1.82 bits per heavy atom. The molecule has 8 heteroatoms. The number of aliphatic hydroxyl groups is 1. The van der Waals surface area contributed by atoms with Crippen molar-refractivity contribution in [1.29, 1.82) is 0 Å². The van der Waals surface area contributed by atoms with Crippen molar-refractivity contribution in [2.45, 2.75) is 84.4 Å². The molecular formula is C25H39N3O5. The Bertz CT molecular complexity index is 828. The van der Waals surface area contributed by atoms with Crippen LogP contribution in [0.4, 0.5) is 4.79 Å². The first-order chi connectivity index (χ1) is 15.5. The molecule has 1 aliphatic carbocycles. The van der Waals surface area contributed by atoms with E-state index in [0.29, 0.717) is 5.56 Å². The highest BCUT2D eigenvalue weighted by molar-refractivity contribution is 5.90. The molecule has 0 saturated heterocycles. The lowest BCUT2D eigenvalue weighted by molar-refractivity contribution is -0.141. The van der Waals surface area contributed by atoms with E-state index in [-0.39, 0.29) is 31.6 Å². The molecule has 1 unspecified atom stereocenters. The Morgan fingerprint density at radius 1 is 1.15 bits per heavy atom. The SMILES string of the molecule is Cc1ccc(C(C(=O)NC2CCCCC2)N(CCO)C(=O)CNC(=O)OC(C)(C)C)c(C)c1. The molecule has 1 aromatic carbocycles. The topological polar surface area (TPSA) is 108 Å². The summed E-state index contributed by atoms with van der Waals surface area (Å²) >= 11 is 0. The Morgan fingerprint density at radius 3 is 2.39 bits per heavy atom. The highest BCUT2D eigenvalue weighted by Gasteiger charge is 2.33. The maximum absolute atomic E-state index is 13.5. The van der Waals surface area contributed by atoms with Crippen molar-refractivity contribution in [3.63, 3.8) is 0 Å². The second kappa shape index (κ2) is 12.0. The summed E-state index contributed by atoms with van der Waals surface area (Å²) in [5, 5.41) is 15.3. The molecule has 1 aliphatic rings. The van der Waals surface area contributed by atoms with E-state index in [1.807, 2.05) is 32.0 Å². The van der Waals surface area contributed by atoms with E-state index < -0.39 is 23.6 Å². The monoisotopic (exact) mass is 461 g/mol. The maximum atomic E-state index is 13.5. The van der Waals surface area contributed by atoms with E-state index in [0.717, 1.165) is 36.8 Å². The van der Waals surface area contributed by atoms with Crippen molar-refractivity contribution < 1.29 is 24.2 Å². The van der Waals surface area contributed by atoms with Crippen molar-refractivity contribution in [2.75, 3.05) is 19.7 Å². The number of alkyl carbamates (subject to hydrolysis) is 1. The molecule has 0 radical (unpaired) electrons. The van der Waals surface area contributed by atoms with E-state index in [1.165, 1.54) is 11.3 Å². The Hall–Kier alpha value is -2.61. The van der Waals surface area contributed by atoms with Crippen LogP contribution in [0.2, 0.25) is 0 Å². The van der Waals surface area contributed by atoms with Gasteiger partial charge in [-0.05, 0) is 58.6 Å². The molecule has 2 rings (SSSR count). The standard InChI is InChI=1S/C25H39N3O5/c1-17-11-12-20(18(2)15-17)22(23(31)27-19-9-7-6-8-10-19)28(13-14-29)21(30)16-26-24(32)33-25(3,4)5/h11-12,15,19,22,29H,6-10,13-14,16H2,1-5H3,(H,26,32)(H,27,31). The van der Waals surface area contributed by atoms with Crippen LogP contribution < -0.4 is 10.6 Å². The van der Waals surface area contributed by atoms with Gasteiger partial charge in [0.15, 0.2) is 0 Å². The van der Waals surface area contributed by atoms with E-state index >= 15 is 0 Å². The molecule has 1 aromatic rings. The van der Waals surface area contributed by atoms with Gasteiger partial charge in [-0.1, -0.05) is 43.0 Å². The number of nitrogens with one attached hydrogen (secondary N) is 2. The van der Waals surface area contributed by atoms with Crippen LogP contribution in [0.25, 0.3) is 0 Å². The zero-order chi connectivity index (χ0) is 24.6. The number of hydrogen-bond acceptors (Lipinski definition) is 5. The molecule has 0 bridgehead atoms. The zero-order valence-corrected chi connectivity index (χ0v) is 20.6. The minimum absolute atomic E-state index is 0.0368. The van der Waals surface area contributed by atoms with Gasteiger partial charge in [0.2, 0.25) is 11.8 Å². The maximum Gasteiger partial charge on any atom is 0.408 e. The number of ether oxygens (including phenoxy) is 1. The van der Waals surface area contributed by atoms with Gasteiger partial charge in [-0.25, -0.2) is 4.79 Å². The fourth-order valence-corrected chi connectivity index (χ4v) is 4.18. The normalized spacial score (nSPS) is 15.5. The van der Waals surface area contributed by atoms with Crippen LogP contribution in [0.3, 0.4) is 0 Å². The Balaban J connectivity index is 2.28. The second-order valence-electron chi connectivity index (χ2n) is 9.77. The predicted molar refractivity (Wildman–Crippen MR) is 127 cm³/mol. The number of amides is 3. The van der Waals surface area contributed by atoms with E-state index in [2.05, 4.69) is 10.6 Å². The van der Waals surface area contributed by atoms with Gasteiger partial charge in [0.1, 0.15) is 18.2 Å². The summed E-state index contributed by atoms with van der Waals surface area (Å²) in [6.45, 7) is 8.39. The van der Waals surface area contributed by atoms with Crippen LogP contribution in [-0.2, 0) is 14.3 Å². The van der Waals surface area contributed by atoms with Crippen molar-refractivity contribution in [1.82, 2.24) is 15.5 Å². The highest BCUT2D eigenvalue weighted by Crippen LogP contribution is 2.27. The molecule has 1 atom stereocenters. The number of carbonyl (C=O) groups excluding carboxylic acids is 3. The van der Waals surface area contributed by atoms with Crippen LogP contribution in [0.1, 0.15) is 75.6 Å². The molecule has 184 valence electrons. The summed E-state index contributed by atoms with van der Waals surface area (Å²) < 4.78 is 5.20. The summed E-state index contributed by atoms with van der Waals surface area (Å²) in [6, 6.07) is 4.90. The van der Waals surface area contributed by atoms with Crippen LogP contribution in [0.15, 0.2) is 18.2 Å². The largest absolute Gasteiger partial charge is 0.444 e. The van der Waals surface area contributed by atoms with Gasteiger partial charge in [0.05, 0.1) is 6.61 Å². The summed E-state index contributed by atoms with van der Waals surface area (Å²) in [7, 11) is 0. The first kappa shape index (κ1) is 26.6. The fourth-order valence-electron chi connectivity index (χ4n) is 4.18. The summed E-state index contributed by atoms with van der Waals surface area (Å²) in [5.41, 5.74) is 1.94. The van der Waals surface area contributed by atoms with Crippen molar-refractivity contribution in [3.05, 3.63) is 34.9 Å². The molecule has 0 heterocycles. The van der Waals surface area contributed by atoms with Gasteiger partial charge in [-0.2, -0.15) is 0 Å². The molecule has 8 nitrogen and oxygen atoms in total. The molecule has 0 spiro atoms. The van der Waals surface area contributed by atoms with Gasteiger partial charge in [0, 0.05) is 12.6 Å². The molecule has 0 aliphatic heterocycles. The van der Waals surface area contributed by atoms with Crippen molar-refractivity contribution >= 4 is 17.9 Å². The smallest absolute Gasteiger partial charge is 0.408 e. The summed E-state index contributed by atoms with van der Waals surface area (Å²) in [4.78, 5) is 40.0. The minimum atomic E-state index is -0.910.